The quantitative estimate of drug-likeness (QED) is 0.737. The van der Waals surface area contributed by atoms with Gasteiger partial charge in [0.1, 0.15) is 11.5 Å². The third-order valence-electron chi connectivity index (χ3n) is 2.73. The van der Waals surface area contributed by atoms with Gasteiger partial charge in [0, 0.05) is 0 Å². The second-order valence-electron chi connectivity index (χ2n) is 3.75. The van der Waals surface area contributed by atoms with Gasteiger partial charge in [-0.15, -0.1) is 5.10 Å². The fourth-order valence-corrected chi connectivity index (χ4v) is 1.48. The van der Waals surface area contributed by atoms with Gasteiger partial charge >= 0.3 is 0 Å². The van der Waals surface area contributed by atoms with Gasteiger partial charge in [0.05, 0.1) is 17.6 Å². The van der Waals surface area contributed by atoms with Crippen molar-refractivity contribution < 1.29 is 4.39 Å². The van der Waals surface area contributed by atoms with Crippen molar-refractivity contribution in [2.75, 3.05) is 0 Å². The summed E-state index contributed by atoms with van der Waals surface area (Å²) in [4.78, 5) is 4.00. The summed E-state index contributed by atoms with van der Waals surface area (Å²) in [7, 11) is 0. The first-order chi connectivity index (χ1) is 7.59. The molecule has 0 atom stereocenters. The van der Waals surface area contributed by atoms with Crippen LogP contribution >= 0.6 is 0 Å². The van der Waals surface area contributed by atoms with Crippen LogP contribution in [0.15, 0.2) is 18.3 Å². The zero-order valence-electron chi connectivity index (χ0n) is 9.45. The zero-order chi connectivity index (χ0) is 11.7. The number of halogens is 1. The van der Waals surface area contributed by atoms with E-state index in [9.17, 15) is 4.39 Å². The number of nitrogens with zero attached hydrogens (tertiary/aromatic N) is 3. The van der Waals surface area contributed by atoms with Gasteiger partial charge in [-0.1, -0.05) is 0 Å². The minimum Gasteiger partial charge on any atom is -0.251 e. The van der Waals surface area contributed by atoms with Crippen LogP contribution in [-0.4, -0.2) is 15.2 Å². The molecule has 0 aliphatic carbocycles. The molecule has 0 saturated heterocycles. The standard InChI is InChI=1S/C12H12FN3/c1-7-8(2)12(16-15-9(7)3)11-5-4-10(13)6-14-11/h4-6H,1-3H3. The van der Waals surface area contributed by atoms with E-state index in [1.165, 1.54) is 12.3 Å². The van der Waals surface area contributed by atoms with Crippen molar-refractivity contribution in [3.8, 4) is 11.4 Å². The Morgan fingerprint density at radius 2 is 1.75 bits per heavy atom. The lowest BCUT2D eigenvalue weighted by Gasteiger charge is -2.07. The first-order valence-electron chi connectivity index (χ1n) is 5.02. The molecule has 2 rings (SSSR count). The summed E-state index contributed by atoms with van der Waals surface area (Å²) in [5, 5.41) is 8.16. The maximum atomic E-state index is 12.7. The molecular weight excluding hydrogens is 205 g/mol. The number of aromatic nitrogens is 3. The lowest BCUT2D eigenvalue weighted by molar-refractivity contribution is 0.621. The van der Waals surface area contributed by atoms with Gasteiger partial charge in [0.2, 0.25) is 0 Å². The van der Waals surface area contributed by atoms with Crippen molar-refractivity contribution in [3.05, 3.63) is 41.0 Å². The van der Waals surface area contributed by atoms with E-state index in [0.717, 1.165) is 16.8 Å². The number of hydrogen-bond acceptors (Lipinski definition) is 3. The molecule has 16 heavy (non-hydrogen) atoms. The summed E-state index contributed by atoms with van der Waals surface area (Å²) < 4.78 is 12.7. The van der Waals surface area contributed by atoms with Gasteiger partial charge in [0.15, 0.2) is 0 Å². The molecule has 0 unspecified atom stereocenters. The maximum Gasteiger partial charge on any atom is 0.141 e. The second kappa shape index (κ2) is 3.96. The van der Waals surface area contributed by atoms with Crippen molar-refractivity contribution in [1.29, 1.82) is 0 Å². The van der Waals surface area contributed by atoms with Crippen LogP contribution < -0.4 is 0 Å². The van der Waals surface area contributed by atoms with Gasteiger partial charge in [-0.3, -0.25) is 4.98 Å². The number of rotatable bonds is 1. The van der Waals surface area contributed by atoms with Crippen LogP contribution in [-0.2, 0) is 0 Å². The van der Waals surface area contributed by atoms with Crippen LogP contribution in [0, 0.1) is 26.6 Å². The van der Waals surface area contributed by atoms with Crippen molar-refractivity contribution in [2.45, 2.75) is 20.8 Å². The smallest absolute Gasteiger partial charge is 0.141 e. The molecule has 3 nitrogen and oxygen atoms in total. The van der Waals surface area contributed by atoms with E-state index < -0.39 is 0 Å². The Morgan fingerprint density at radius 1 is 1.00 bits per heavy atom. The summed E-state index contributed by atoms with van der Waals surface area (Å²) >= 11 is 0. The van der Waals surface area contributed by atoms with Crippen LogP contribution in [0.4, 0.5) is 4.39 Å². The lowest BCUT2D eigenvalue weighted by atomic mass is 10.1. The summed E-state index contributed by atoms with van der Waals surface area (Å²) in [6.07, 6.45) is 1.19. The number of aryl methyl sites for hydroxylation is 1. The molecule has 0 aliphatic rings. The predicted octanol–water partition coefficient (Wildman–Crippen LogP) is 2.60. The van der Waals surface area contributed by atoms with E-state index in [1.807, 2.05) is 20.8 Å². The second-order valence-corrected chi connectivity index (χ2v) is 3.75. The molecule has 0 radical (unpaired) electrons. The molecule has 0 bridgehead atoms. The highest BCUT2D eigenvalue weighted by atomic mass is 19.1. The first-order valence-corrected chi connectivity index (χ1v) is 5.02. The van der Waals surface area contributed by atoms with Crippen LogP contribution in [0.25, 0.3) is 11.4 Å². The van der Waals surface area contributed by atoms with Gasteiger partial charge in [-0.25, -0.2) is 4.39 Å². The van der Waals surface area contributed by atoms with Gasteiger partial charge in [0.25, 0.3) is 0 Å². The van der Waals surface area contributed by atoms with Crippen LogP contribution in [0.5, 0.6) is 0 Å². The Bertz CT molecular complexity index is 521. The molecule has 0 N–H and O–H groups in total. The van der Waals surface area contributed by atoms with Crippen molar-refractivity contribution in [2.24, 2.45) is 0 Å². The Kier molecular flexibility index (Phi) is 2.64. The van der Waals surface area contributed by atoms with Crippen molar-refractivity contribution >= 4 is 0 Å². The fourth-order valence-electron chi connectivity index (χ4n) is 1.48. The molecule has 4 heteroatoms. The highest BCUT2D eigenvalue weighted by molar-refractivity contribution is 5.59. The largest absolute Gasteiger partial charge is 0.251 e. The Hall–Kier alpha value is -1.84. The molecule has 0 saturated carbocycles. The van der Waals surface area contributed by atoms with Gasteiger partial charge in [-0.05, 0) is 44.0 Å². The van der Waals surface area contributed by atoms with E-state index in [-0.39, 0.29) is 5.82 Å². The fraction of sp³-hybridized carbons (Fsp3) is 0.250. The topological polar surface area (TPSA) is 38.7 Å². The highest BCUT2D eigenvalue weighted by Crippen LogP contribution is 2.21. The summed E-state index contributed by atoms with van der Waals surface area (Å²) in [6, 6.07) is 2.99. The molecule has 0 spiro atoms. The van der Waals surface area contributed by atoms with E-state index in [0.29, 0.717) is 11.4 Å². The Labute approximate surface area is 93.4 Å². The predicted molar refractivity (Wildman–Crippen MR) is 59.4 cm³/mol. The highest BCUT2D eigenvalue weighted by Gasteiger charge is 2.09. The minimum atomic E-state index is -0.349. The van der Waals surface area contributed by atoms with E-state index in [1.54, 1.807) is 6.07 Å². The van der Waals surface area contributed by atoms with Crippen molar-refractivity contribution in [3.63, 3.8) is 0 Å². The monoisotopic (exact) mass is 217 g/mol. The van der Waals surface area contributed by atoms with Crippen LogP contribution in [0.2, 0.25) is 0 Å². The zero-order valence-corrected chi connectivity index (χ0v) is 9.45. The first kappa shape index (κ1) is 10.7. The number of pyridine rings is 1. The summed E-state index contributed by atoms with van der Waals surface area (Å²) in [5.74, 6) is -0.349. The molecule has 82 valence electrons. The average molecular weight is 217 g/mol. The average Bonchev–Trinajstić information content (AvgIpc) is 2.28. The van der Waals surface area contributed by atoms with Gasteiger partial charge < -0.3 is 0 Å². The number of hydrogen-bond donors (Lipinski definition) is 0. The SMILES string of the molecule is Cc1nnc(-c2ccc(F)cn2)c(C)c1C. The molecule has 0 amide bonds. The third-order valence-corrected chi connectivity index (χ3v) is 2.73. The van der Waals surface area contributed by atoms with Crippen LogP contribution in [0.1, 0.15) is 16.8 Å². The summed E-state index contributed by atoms with van der Waals surface area (Å²) in [5.41, 5.74) is 4.39. The van der Waals surface area contributed by atoms with E-state index in [4.69, 9.17) is 0 Å². The molecule has 2 heterocycles. The van der Waals surface area contributed by atoms with Crippen molar-refractivity contribution in [1.82, 2.24) is 15.2 Å². The van der Waals surface area contributed by atoms with Crippen LogP contribution in [0.3, 0.4) is 0 Å². The molecular formula is C12H12FN3. The Balaban J connectivity index is 2.57. The summed E-state index contributed by atoms with van der Waals surface area (Å²) in [6.45, 7) is 5.88. The van der Waals surface area contributed by atoms with Gasteiger partial charge in [-0.2, -0.15) is 5.10 Å². The van der Waals surface area contributed by atoms with E-state index in [2.05, 4.69) is 15.2 Å². The molecule has 0 aliphatic heterocycles. The minimum absolute atomic E-state index is 0.349. The molecule has 2 aromatic rings. The Morgan fingerprint density at radius 3 is 2.38 bits per heavy atom. The third kappa shape index (κ3) is 1.78. The normalized spacial score (nSPS) is 10.5. The molecule has 0 aromatic carbocycles. The maximum absolute atomic E-state index is 12.7. The molecule has 2 aromatic heterocycles. The van der Waals surface area contributed by atoms with E-state index >= 15 is 0 Å². The lowest BCUT2D eigenvalue weighted by Crippen LogP contribution is -2.00. The molecule has 0 fully saturated rings.